The first-order valence-corrected chi connectivity index (χ1v) is 9.59. The van der Waals surface area contributed by atoms with E-state index in [9.17, 15) is 8.42 Å². The highest BCUT2D eigenvalue weighted by Gasteiger charge is 2.38. The Balaban J connectivity index is 1.78. The molecule has 2 aromatic rings. The Morgan fingerprint density at radius 3 is 2.33 bits per heavy atom. The summed E-state index contributed by atoms with van der Waals surface area (Å²) in [5.41, 5.74) is 2.70. The molecule has 128 valence electrons. The van der Waals surface area contributed by atoms with Crippen LogP contribution in [0.25, 0.3) is 0 Å². The van der Waals surface area contributed by atoms with Crippen molar-refractivity contribution in [2.75, 3.05) is 13.7 Å². The number of benzene rings is 2. The number of hydrogen-bond acceptors (Lipinski definition) is 3. The molecule has 0 atom stereocenters. The number of hydrogen-bond donors (Lipinski definition) is 1. The minimum absolute atomic E-state index is 0.167. The van der Waals surface area contributed by atoms with Crippen LogP contribution < -0.4 is 4.72 Å². The minimum Gasteiger partial charge on any atom is -0.376 e. The molecule has 0 bridgehead atoms. The van der Waals surface area contributed by atoms with Crippen LogP contribution in [0.15, 0.2) is 47.4 Å². The highest BCUT2D eigenvalue weighted by Crippen LogP contribution is 2.32. The molecular weight excluding hydrogens is 346 g/mol. The second-order valence-corrected chi connectivity index (χ2v) is 8.42. The van der Waals surface area contributed by atoms with E-state index in [0.29, 0.717) is 17.9 Å². The molecule has 2 aromatic carbocycles. The highest BCUT2D eigenvalue weighted by molar-refractivity contribution is 7.89. The molecule has 0 spiro atoms. The molecule has 1 aliphatic rings. The molecule has 0 aliphatic heterocycles. The number of rotatable bonds is 5. The van der Waals surface area contributed by atoms with Crippen LogP contribution in [-0.2, 0) is 27.6 Å². The molecule has 3 rings (SSSR count). The van der Waals surface area contributed by atoms with E-state index in [1.165, 1.54) is 17.2 Å². The van der Waals surface area contributed by atoms with Gasteiger partial charge in [-0.1, -0.05) is 41.9 Å². The number of ether oxygens (including phenoxy) is 1. The van der Waals surface area contributed by atoms with E-state index in [1.807, 2.05) is 19.1 Å². The van der Waals surface area contributed by atoms with Gasteiger partial charge in [0.05, 0.1) is 10.5 Å². The van der Waals surface area contributed by atoms with Crippen LogP contribution in [-0.4, -0.2) is 27.7 Å². The zero-order valence-electron chi connectivity index (χ0n) is 13.7. The molecule has 1 N–H and O–H groups in total. The van der Waals surface area contributed by atoms with Gasteiger partial charge in [-0.15, -0.1) is 0 Å². The van der Waals surface area contributed by atoms with Crippen LogP contribution in [0.3, 0.4) is 0 Å². The standard InChI is InChI=1S/C18H20ClNO3S/c1-13-7-8-16(9-17(13)19)24(21,22)20-12-18(23-2)10-14-5-3-4-6-15(14)11-18/h3-9,20H,10-12H2,1-2H3. The fourth-order valence-corrected chi connectivity index (χ4v) is 4.44. The van der Waals surface area contributed by atoms with Crippen LogP contribution in [0.5, 0.6) is 0 Å². The number of methoxy groups -OCH3 is 1. The fourth-order valence-electron chi connectivity index (χ4n) is 3.05. The van der Waals surface area contributed by atoms with Crippen molar-refractivity contribution < 1.29 is 13.2 Å². The molecule has 0 radical (unpaired) electrons. The summed E-state index contributed by atoms with van der Waals surface area (Å²) < 4.78 is 33.5. The van der Waals surface area contributed by atoms with Crippen molar-refractivity contribution in [2.45, 2.75) is 30.3 Å². The van der Waals surface area contributed by atoms with E-state index in [2.05, 4.69) is 16.9 Å². The van der Waals surface area contributed by atoms with Crippen molar-refractivity contribution in [3.05, 3.63) is 64.2 Å². The average Bonchev–Trinajstić information content (AvgIpc) is 2.95. The van der Waals surface area contributed by atoms with Crippen molar-refractivity contribution in [3.8, 4) is 0 Å². The molecule has 0 unspecified atom stereocenters. The Morgan fingerprint density at radius 2 is 1.79 bits per heavy atom. The molecule has 0 amide bonds. The third-order valence-corrected chi connectivity index (χ3v) is 6.42. The third-order valence-electron chi connectivity index (χ3n) is 4.61. The lowest BCUT2D eigenvalue weighted by atomic mass is 10.0. The highest BCUT2D eigenvalue weighted by atomic mass is 35.5. The van der Waals surface area contributed by atoms with Crippen molar-refractivity contribution in [1.82, 2.24) is 4.72 Å². The Morgan fingerprint density at radius 1 is 1.17 bits per heavy atom. The largest absolute Gasteiger partial charge is 0.376 e. The van der Waals surface area contributed by atoms with Gasteiger partial charge in [-0.05, 0) is 35.7 Å². The molecule has 0 heterocycles. The second kappa shape index (κ2) is 6.48. The van der Waals surface area contributed by atoms with Crippen LogP contribution in [0, 0.1) is 6.92 Å². The smallest absolute Gasteiger partial charge is 0.240 e. The van der Waals surface area contributed by atoms with Gasteiger partial charge in [0, 0.05) is 31.5 Å². The van der Waals surface area contributed by atoms with E-state index in [-0.39, 0.29) is 11.4 Å². The van der Waals surface area contributed by atoms with Gasteiger partial charge >= 0.3 is 0 Å². The van der Waals surface area contributed by atoms with Crippen molar-refractivity contribution in [2.24, 2.45) is 0 Å². The van der Waals surface area contributed by atoms with Crippen molar-refractivity contribution >= 4 is 21.6 Å². The van der Waals surface area contributed by atoms with E-state index < -0.39 is 15.6 Å². The first-order valence-electron chi connectivity index (χ1n) is 7.73. The monoisotopic (exact) mass is 365 g/mol. The van der Waals surface area contributed by atoms with E-state index in [0.717, 1.165) is 5.56 Å². The average molecular weight is 366 g/mol. The molecular formula is C18H20ClNO3S. The molecule has 6 heteroatoms. The Bertz CT molecular complexity index is 839. The molecule has 24 heavy (non-hydrogen) atoms. The van der Waals surface area contributed by atoms with Crippen LogP contribution in [0.1, 0.15) is 16.7 Å². The Kier molecular flexibility index (Phi) is 4.71. The van der Waals surface area contributed by atoms with E-state index in [4.69, 9.17) is 16.3 Å². The van der Waals surface area contributed by atoms with Gasteiger partial charge in [-0.25, -0.2) is 13.1 Å². The van der Waals surface area contributed by atoms with Gasteiger partial charge in [0.1, 0.15) is 0 Å². The summed E-state index contributed by atoms with van der Waals surface area (Å²) in [5.74, 6) is 0. The fraction of sp³-hybridized carbons (Fsp3) is 0.333. The van der Waals surface area contributed by atoms with Crippen molar-refractivity contribution in [1.29, 1.82) is 0 Å². The summed E-state index contributed by atoms with van der Waals surface area (Å²) in [6.45, 7) is 2.05. The lowest BCUT2D eigenvalue weighted by Crippen LogP contribution is -2.45. The summed E-state index contributed by atoms with van der Waals surface area (Å²) in [5, 5.41) is 0.438. The predicted molar refractivity (Wildman–Crippen MR) is 95.0 cm³/mol. The summed E-state index contributed by atoms with van der Waals surface area (Å²) >= 11 is 6.05. The number of sulfonamides is 1. The zero-order valence-corrected chi connectivity index (χ0v) is 15.2. The maximum atomic E-state index is 12.6. The van der Waals surface area contributed by atoms with Gasteiger partial charge in [0.15, 0.2) is 0 Å². The van der Waals surface area contributed by atoms with Gasteiger partial charge in [-0.2, -0.15) is 0 Å². The normalized spacial score (nSPS) is 16.1. The maximum absolute atomic E-state index is 12.6. The molecule has 0 saturated heterocycles. The van der Waals surface area contributed by atoms with E-state index >= 15 is 0 Å². The summed E-state index contributed by atoms with van der Waals surface area (Å²) in [4.78, 5) is 0.167. The van der Waals surface area contributed by atoms with Crippen LogP contribution >= 0.6 is 11.6 Å². The van der Waals surface area contributed by atoms with Gasteiger partial charge < -0.3 is 4.74 Å². The summed E-state index contributed by atoms with van der Waals surface area (Å²) in [6, 6.07) is 12.8. The summed E-state index contributed by atoms with van der Waals surface area (Å²) in [6.07, 6.45) is 1.38. The summed E-state index contributed by atoms with van der Waals surface area (Å²) in [7, 11) is -2.01. The third kappa shape index (κ3) is 3.35. The van der Waals surface area contributed by atoms with Crippen LogP contribution in [0.4, 0.5) is 0 Å². The molecule has 0 saturated carbocycles. The molecule has 1 aliphatic carbocycles. The van der Waals surface area contributed by atoms with E-state index in [1.54, 1.807) is 19.2 Å². The lowest BCUT2D eigenvalue weighted by Gasteiger charge is -2.27. The maximum Gasteiger partial charge on any atom is 0.240 e. The quantitative estimate of drug-likeness (QED) is 0.885. The number of aryl methyl sites for hydroxylation is 1. The molecule has 0 aromatic heterocycles. The Hall–Kier alpha value is -1.40. The minimum atomic E-state index is -3.64. The van der Waals surface area contributed by atoms with Gasteiger partial charge in [-0.3, -0.25) is 0 Å². The number of halogens is 1. The van der Waals surface area contributed by atoms with Gasteiger partial charge in [0.2, 0.25) is 10.0 Å². The molecule has 0 fully saturated rings. The predicted octanol–water partition coefficient (Wildman–Crippen LogP) is 3.11. The van der Waals surface area contributed by atoms with Crippen molar-refractivity contribution in [3.63, 3.8) is 0 Å². The number of nitrogens with one attached hydrogen (secondary N) is 1. The lowest BCUT2D eigenvalue weighted by molar-refractivity contribution is 0.00378. The Labute approximate surface area is 147 Å². The second-order valence-electron chi connectivity index (χ2n) is 6.24. The zero-order chi connectivity index (χ0) is 17.4. The van der Waals surface area contributed by atoms with Gasteiger partial charge in [0.25, 0.3) is 0 Å². The SMILES string of the molecule is COC1(CNS(=O)(=O)c2ccc(C)c(Cl)c2)Cc2ccccc2C1. The first kappa shape index (κ1) is 17.4. The number of fused-ring (bicyclic) bond motifs is 1. The molecule has 4 nitrogen and oxygen atoms in total. The first-order chi connectivity index (χ1) is 11.4. The van der Waals surface area contributed by atoms with Crippen LogP contribution in [0.2, 0.25) is 5.02 Å². The topological polar surface area (TPSA) is 55.4 Å².